The number of hydrogen-bond acceptors (Lipinski definition) is 3. The average Bonchev–Trinajstić information content (AvgIpc) is 0.713. The molecule has 0 aliphatic heterocycles. The number of carbonyl (C=O) groups is 2. The molecule has 9 aromatic carbocycles. The van der Waals surface area contributed by atoms with Gasteiger partial charge in [0.2, 0.25) is 12.3 Å². The third kappa shape index (κ3) is 14.4. The van der Waals surface area contributed by atoms with E-state index in [2.05, 4.69) is 6.07 Å². The fourth-order valence-corrected chi connectivity index (χ4v) is 10.8. The molecule has 0 fully saturated rings. The first-order valence-electron chi connectivity index (χ1n) is 26.4. The second-order valence-electron chi connectivity index (χ2n) is 20.9. The van der Waals surface area contributed by atoms with Crippen molar-refractivity contribution >= 4 is 72.1 Å². The lowest BCUT2D eigenvalue weighted by molar-refractivity contribution is -0.684. The zero-order valence-corrected chi connectivity index (χ0v) is 46.0. The van der Waals surface area contributed by atoms with Crippen molar-refractivity contribution in [2.24, 2.45) is 0 Å². The summed E-state index contributed by atoms with van der Waals surface area (Å²) in [5.41, 5.74) is -29.3. The highest BCUT2D eigenvalue weighted by molar-refractivity contribution is 7.20. The van der Waals surface area contributed by atoms with Crippen LogP contribution >= 0.6 is 0 Å². The molecule has 1 aromatic heterocycles. The quantitative estimate of drug-likeness (QED) is 0.0275. The topological polar surface area (TPSA) is 47.2 Å². The molecule has 0 N–H and O–H groups in total. The minimum Gasteiger partial charge on any atom is -0.417 e. The van der Waals surface area contributed by atoms with Crippen LogP contribution in [0.5, 0.6) is 5.75 Å². The van der Waals surface area contributed by atoms with Gasteiger partial charge >= 0.3 is 55.4 Å². The van der Waals surface area contributed by atoms with E-state index in [0.29, 0.717) is 17.0 Å². The van der Waals surface area contributed by atoms with Gasteiger partial charge in [-0.25, -0.2) is 4.79 Å². The van der Waals surface area contributed by atoms with Gasteiger partial charge in [0.25, 0.3) is 5.69 Å². The molecule has 0 amide bonds. The standard InChI is InChI=1S/C32H12BF24.C32H22NO3/c34-25(35,36)13-1-14(26(37,38)39)6-21(5-13)33(22-7-15(27(40,41)42)2-16(8-22)28(43,44)45,23-9-17(29(46,47)48)3-18(10-23)30(49,50)51)24-11-19(31(52,53)54)4-20(12-24)32(55,56)57;34-29(23-11-2-1-3-12-23)21-33-19-18-22-10-4-7-15-26(22)30(33)32(35)36-31-27-16-8-5-13-24(27)20-25-14-6-9-17-28(25)31/h1-12H;1-20H,21H2/q-1;+1. The largest absolute Gasteiger partial charge is 0.417 e. The number of pyridine rings is 1. The van der Waals surface area contributed by atoms with Gasteiger partial charge in [-0.15, -0.1) is 0 Å². The monoisotopic (exact) mass is 1330 g/mol. The second kappa shape index (κ2) is 24.2. The van der Waals surface area contributed by atoms with Crippen LogP contribution in [0.1, 0.15) is 65.4 Å². The number of fused-ring (bicyclic) bond motifs is 3. The maximum Gasteiger partial charge on any atom is 0.416 e. The van der Waals surface area contributed by atoms with Crippen LogP contribution in [0.15, 0.2) is 194 Å². The maximum absolute atomic E-state index is 14.2. The lowest BCUT2D eigenvalue weighted by atomic mass is 9.12. The Morgan fingerprint density at radius 3 is 0.914 bits per heavy atom. The van der Waals surface area contributed by atoms with Gasteiger partial charge in [0.1, 0.15) is 11.9 Å². The van der Waals surface area contributed by atoms with E-state index in [1.165, 1.54) is 0 Å². The highest BCUT2D eigenvalue weighted by atomic mass is 19.4. The predicted molar refractivity (Wildman–Crippen MR) is 291 cm³/mol. The lowest BCUT2D eigenvalue weighted by Gasteiger charge is -2.46. The molecule has 0 spiro atoms. The number of alkyl halides is 24. The number of esters is 1. The van der Waals surface area contributed by atoms with Crippen molar-refractivity contribution < 1.29 is 124 Å². The molecule has 0 unspecified atom stereocenters. The Hall–Kier alpha value is -9.57. The maximum atomic E-state index is 14.2. The van der Waals surface area contributed by atoms with Gasteiger partial charge in [-0.05, 0) is 52.6 Å². The highest BCUT2D eigenvalue weighted by Crippen LogP contribution is 2.43. The summed E-state index contributed by atoms with van der Waals surface area (Å²) in [4.78, 5) is 27.0. The van der Waals surface area contributed by atoms with Crippen LogP contribution in [0.3, 0.4) is 0 Å². The molecule has 1 heterocycles. The molecule has 93 heavy (non-hydrogen) atoms. The average molecular weight is 1330 g/mol. The Labute approximate surface area is 506 Å². The molecular weight excluding hydrogens is 1300 g/mol. The second-order valence-corrected chi connectivity index (χ2v) is 20.9. The normalized spacial score (nSPS) is 13.1. The first-order valence-corrected chi connectivity index (χ1v) is 26.4. The van der Waals surface area contributed by atoms with Crippen molar-refractivity contribution in [2.75, 3.05) is 0 Å². The Bertz CT molecular complexity index is 4010. The molecule has 10 aromatic rings. The number of nitrogens with zero attached hydrogens (tertiary/aromatic N) is 1. The predicted octanol–water partition coefficient (Wildman–Crippen LogP) is 17.8. The fourth-order valence-electron chi connectivity index (χ4n) is 10.8. The summed E-state index contributed by atoms with van der Waals surface area (Å²) >= 11 is 0. The van der Waals surface area contributed by atoms with E-state index in [-0.39, 0.29) is 12.3 Å². The number of ether oxygens (including phenoxy) is 1. The number of aromatic nitrogens is 1. The molecule has 484 valence electrons. The summed E-state index contributed by atoms with van der Waals surface area (Å²) in [6.45, 7) is 0.0234. The minimum atomic E-state index is -6.13. The van der Waals surface area contributed by atoms with Crippen LogP contribution in [0.2, 0.25) is 0 Å². The number of benzene rings is 9. The van der Waals surface area contributed by atoms with Crippen molar-refractivity contribution in [3.63, 3.8) is 0 Å². The summed E-state index contributed by atoms with van der Waals surface area (Å²) in [7, 11) is 0. The van der Waals surface area contributed by atoms with Gasteiger partial charge < -0.3 is 4.74 Å². The Kier molecular flexibility index (Phi) is 17.6. The van der Waals surface area contributed by atoms with Crippen molar-refractivity contribution in [1.82, 2.24) is 0 Å². The number of ketones is 1. The number of Topliss-reactive ketones (excluding diaryl/α,β-unsaturated/α-hetero) is 1. The molecule has 0 bridgehead atoms. The van der Waals surface area contributed by atoms with Crippen LogP contribution in [0.25, 0.3) is 32.3 Å². The number of hydrogen-bond donors (Lipinski definition) is 0. The molecular formula is C64H34BF24NO3. The summed E-state index contributed by atoms with van der Waals surface area (Å²) in [6.07, 6.45) is -53.0. The molecule has 0 radical (unpaired) electrons. The molecule has 0 saturated carbocycles. The third-order valence-electron chi connectivity index (χ3n) is 14.9. The number of carbonyl (C=O) groups excluding carboxylic acids is 2. The highest BCUT2D eigenvalue weighted by Gasteiger charge is 2.47. The first kappa shape index (κ1) is 67.8. The summed E-state index contributed by atoms with van der Waals surface area (Å²) in [5.74, 6) is -0.0720. The van der Waals surface area contributed by atoms with Gasteiger partial charge in [-0.1, -0.05) is 146 Å². The van der Waals surface area contributed by atoms with Crippen LogP contribution in [-0.2, 0) is 56.0 Å². The molecule has 0 saturated heterocycles. The van der Waals surface area contributed by atoms with Crippen LogP contribution in [0.4, 0.5) is 105 Å². The molecule has 0 aliphatic carbocycles. The molecule has 0 aliphatic rings. The SMILES string of the molecule is FC(F)(F)c1cc([B-](c2cc(C(F)(F)F)cc(C(F)(F)F)c2)(c2cc(C(F)(F)F)cc(C(F)(F)F)c2)c2cc(C(F)(F)F)cc(C(F)(F)F)c2)cc(C(F)(F)F)c1.O=C(C[n+]1ccc2ccccc2c1C(=O)Oc1c2ccccc2cc2ccccc12)c1ccccc1. The van der Waals surface area contributed by atoms with E-state index >= 15 is 0 Å². The van der Waals surface area contributed by atoms with Crippen molar-refractivity contribution in [2.45, 2.75) is 56.0 Å². The van der Waals surface area contributed by atoms with E-state index in [1.807, 2.05) is 97.1 Å². The van der Waals surface area contributed by atoms with E-state index in [4.69, 9.17) is 4.74 Å². The van der Waals surface area contributed by atoms with Gasteiger partial charge in [-0.2, -0.15) is 132 Å². The lowest BCUT2D eigenvalue weighted by Crippen LogP contribution is -2.75. The van der Waals surface area contributed by atoms with Crippen LogP contribution in [-0.4, -0.2) is 17.9 Å². The van der Waals surface area contributed by atoms with Crippen molar-refractivity contribution in [3.05, 3.63) is 250 Å². The smallest absolute Gasteiger partial charge is 0.416 e. The molecule has 4 nitrogen and oxygen atoms in total. The molecule has 0 atom stereocenters. The fraction of sp³-hybridized carbons (Fsp3) is 0.141. The van der Waals surface area contributed by atoms with Gasteiger partial charge in [0.15, 0.2) is 6.20 Å². The van der Waals surface area contributed by atoms with Gasteiger partial charge in [0.05, 0.1) is 49.9 Å². The Morgan fingerprint density at radius 1 is 0.323 bits per heavy atom. The Morgan fingerprint density at radius 2 is 0.602 bits per heavy atom. The first-order chi connectivity index (χ1) is 42.9. The van der Waals surface area contributed by atoms with E-state index in [0.717, 1.165) is 32.3 Å². The zero-order chi connectivity index (χ0) is 68.4. The van der Waals surface area contributed by atoms with E-state index in [9.17, 15) is 115 Å². The summed E-state index contributed by atoms with van der Waals surface area (Å²) < 4.78 is 349. The third-order valence-corrected chi connectivity index (χ3v) is 14.9. The van der Waals surface area contributed by atoms with Crippen molar-refractivity contribution in [3.8, 4) is 5.75 Å². The van der Waals surface area contributed by atoms with Crippen LogP contribution in [0, 0.1) is 0 Å². The Balaban J connectivity index is 0.000000241. The van der Waals surface area contributed by atoms with Gasteiger partial charge in [-0.3, -0.25) is 4.79 Å². The number of rotatable bonds is 9. The van der Waals surface area contributed by atoms with Crippen molar-refractivity contribution in [1.29, 1.82) is 0 Å². The van der Waals surface area contributed by atoms with E-state index < -0.39 is 201 Å². The van der Waals surface area contributed by atoms with Gasteiger partial charge in [0, 0.05) is 22.4 Å². The van der Waals surface area contributed by atoms with Crippen LogP contribution < -0.4 is 31.2 Å². The summed E-state index contributed by atoms with van der Waals surface area (Å²) in [6, 6.07) is 27.7. The minimum absolute atomic E-state index is 0.0234. The summed E-state index contributed by atoms with van der Waals surface area (Å²) in [5, 5.41) is 5.33. The number of halogens is 24. The molecule has 10 rings (SSSR count). The molecule has 29 heteroatoms. The van der Waals surface area contributed by atoms with E-state index in [1.54, 1.807) is 22.9 Å². The zero-order valence-electron chi connectivity index (χ0n) is 46.0.